The Labute approximate surface area is 280 Å². The molecule has 4 aromatic rings. The molecular formula is C39H39N3O6. The second kappa shape index (κ2) is 12.0. The van der Waals surface area contributed by atoms with Crippen molar-refractivity contribution >= 4 is 0 Å². The van der Waals surface area contributed by atoms with Crippen molar-refractivity contribution in [2.75, 3.05) is 27.6 Å². The molecule has 4 aliphatic rings. The van der Waals surface area contributed by atoms with Gasteiger partial charge in [-0.15, -0.1) is 0 Å². The van der Waals surface area contributed by atoms with Gasteiger partial charge in [0.25, 0.3) is 0 Å². The minimum Gasteiger partial charge on any atom is -0.504 e. The summed E-state index contributed by atoms with van der Waals surface area (Å²) in [6.45, 7) is 5.21. The zero-order valence-corrected chi connectivity index (χ0v) is 27.6. The Balaban J connectivity index is 1.30. The summed E-state index contributed by atoms with van der Waals surface area (Å²) in [7, 11) is 3.65. The quantitative estimate of drug-likeness (QED) is 0.232. The third-order valence-electron chi connectivity index (χ3n) is 10.6. The van der Waals surface area contributed by atoms with Crippen LogP contribution < -0.4 is 18.9 Å². The fourth-order valence-corrected chi connectivity index (χ4v) is 8.62. The number of likely N-dealkylation sites (N-methyl/N-ethyl adjacent to an activating group) is 1. The molecule has 1 N–H and O–H groups in total. The van der Waals surface area contributed by atoms with Crippen LogP contribution >= 0.6 is 0 Å². The lowest BCUT2D eigenvalue weighted by atomic mass is 9.79. The van der Waals surface area contributed by atoms with Crippen LogP contribution in [0.1, 0.15) is 62.6 Å². The van der Waals surface area contributed by atoms with Gasteiger partial charge in [-0.25, -0.2) is 0 Å². The first kappa shape index (κ1) is 30.6. The largest absolute Gasteiger partial charge is 0.504 e. The number of piperazine rings is 1. The smallest absolute Gasteiger partial charge is 0.231 e. The number of fused-ring (bicyclic) bond motifs is 10. The molecule has 0 aromatic heterocycles. The van der Waals surface area contributed by atoms with Gasteiger partial charge in [-0.05, 0) is 49.6 Å². The van der Waals surface area contributed by atoms with E-state index in [1.807, 2.05) is 50.2 Å². The second-order valence-corrected chi connectivity index (χ2v) is 13.1. The molecule has 5 atom stereocenters. The lowest BCUT2D eigenvalue weighted by Crippen LogP contribution is -2.61. The van der Waals surface area contributed by atoms with Crippen LogP contribution in [0.25, 0.3) is 0 Å². The number of benzene rings is 4. The van der Waals surface area contributed by atoms with E-state index in [1.165, 1.54) is 0 Å². The van der Waals surface area contributed by atoms with Gasteiger partial charge in [-0.2, -0.15) is 5.26 Å². The molecule has 0 saturated carbocycles. The van der Waals surface area contributed by atoms with E-state index in [-0.39, 0.29) is 36.7 Å². The van der Waals surface area contributed by atoms with Crippen molar-refractivity contribution in [1.82, 2.24) is 9.80 Å². The van der Waals surface area contributed by atoms with Crippen LogP contribution in [0.5, 0.6) is 28.7 Å². The van der Waals surface area contributed by atoms with Crippen LogP contribution in [0.3, 0.4) is 0 Å². The Morgan fingerprint density at radius 3 is 2.29 bits per heavy atom. The Morgan fingerprint density at radius 2 is 1.60 bits per heavy atom. The number of phenols is 1. The highest BCUT2D eigenvalue weighted by Crippen LogP contribution is 2.62. The molecule has 9 nitrogen and oxygen atoms in total. The average Bonchev–Trinajstić information content (AvgIpc) is 3.67. The molecule has 246 valence electrons. The summed E-state index contributed by atoms with van der Waals surface area (Å²) >= 11 is 0. The van der Waals surface area contributed by atoms with Gasteiger partial charge in [0.2, 0.25) is 6.79 Å². The summed E-state index contributed by atoms with van der Waals surface area (Å²) in [5, 5.41) is 22.7. The van der Waals surface area contributed by atoms with Crippen LogP contribution in [-0.4, -0.2) is 54.5 Å². The number of hydrogen-bond acceptors (Lipinski definition) is 9. The lowest BCUT2D eigenvalue weighted by molar-refractivity contribution is -0.0747. The zero-order valence-electron chi connectivity index (χ0n) is 27.6. The molecule has 0 amide bonds. The number of methoxy groups -OCH3 is 1. The monoisotopic (exact) mass is 645 g/mol. The highest BCUT2D eigenvalue weighted by molar-refractivity contribution is 5.67. The molecule has 4 heterocycles. The maximum atomic E-state index is 11.7. The van der Waals surface area contributed by atoms with Gasteiger partial charge in [-0.3, -0.25) is 9.80 Å². The summed E-state index contributed by atoms with van der Waals surface area (Å²) < 4.78 is 31.3. The SMILES string of the molecule is COc1c(C)cc2c(c1O)[C@H]1[C@@H]3Cc4c(OCc5ccccc5)c(C)c5c(c4[C@H](COCc4ccccc4)N3[C@@H](C#N)C2N1C)OCO5. The summed E-state index contributed by atoms with van der Waals surface area (Å²) in [5.74, 6) is 2.76. The standard InChI is InChI=1S/C39H39N3O6/c1-22-15-26-32(35(43)36(22)44-4)34-28-16-27-31(39-38(47-21-48-39)23(2)37(27)46-19-25-13-9-6-10-14-25)30(20-45-18-24-11-7-5-8-12-24)42(28)29(17-40)33(26)41(34)3/h5-15,28-30,33-34,43H,16,18-21H2,1-4H3/t28-,29-,30-,33?,34+/m0/s1. The van der Waals surface area contributed by atoms with Crippen LogP contribution in [0.4, 0.5) is 0 Å². The Hall–Kier alpha value is -4.75. The van der Waals surface area contributed by atoms with Gasteiger partial charge in [0, 0.05) is 28.3 Å². The van der Waals surface area contributed by atoms with Gasteiger partial charge < -0.3 is 28.8 Å². The van der Waals surface area contributed by atoms with Crippen molar-refractivity contribution in [3.8, 4) is 34.8 Å². The number of aryl methyl sites for hydroxylation is 1. The van der Waals surface area contributed by atoms with E-state index in [1.54, 1.807) is 7.11 Å². The van der Waals surface area contributed by atoms with Crippen LogP contribution in [0.2, 0.25) is 0 Å². The average molecular weight is 646 g/mol. The highest BCUT2D eigenvalue weighted by Gasteiger charge is 2.59. The first-order valence-electron chi connectivity index (χ1n) is 16.5. The summed E-state index contributed by atoms with van der Waals surface area (Å²) in [5.41, 5.74) is 7.63. The molecule has 0 spiro atoms. The summed E-state index contributed by atoms with van der Waals surface area (Å²) in [6, 6.07) is 23.5. The number of rotatable bonds is 8. The van der Waals surface area contributed by atoms with E-state index in [9.17, 15) is 10.4 Å². The normalized spacial score (nSPS) is 23.6. The summed E-state index contributed by atoms with van der Waals surface area (Å²) in [6.07, 6.45) is 0.571. The van der Waals surface area contributed by atoms with Crippen LogP contribution in [0, 0.1) is 25.2 Å². The molecular weight excluding hydrogens is 606 g/mol. The number of hydrogen-bond donors (Lipinski definition) is 1. The number of phenolic OH excluding ortho intramolecular Hbond substituents is 1. The van der Waals surface area contributed by atoms with Gasteiger partial charge in [0.1, 0.15) is 18.4 Å². The Kier molecular flexibility index (Phi) is 7.67. The van der Waals surface area contributed by atoms with Gasteiger partial charge >= 0.3 is 0 Å². The number of aromatic hydroxyl groups is 1. The molecule has 48 heavy (non-hydrogen) atoms. The Morgan fingerprint density at radius 1 is 0.917 bits per heavy atom. The van der Waals surface area contributed by atoms with E-state index in [0.29, 0.717) is 43.5 Å². The van der Waals surface area contributed by atoms with Crippen molar-refractivity contribution < 1.29 is 28.8 Å². The number of nitrogens with zero attached hydrogens (tertiary/aromatic N) is 3. The van der Waals surface area contributed by atoms with Crippen molar-refractivity contribution in [1.29, 1.82) is 5.26 Å². The predicted octanol–water partition coefficient (Wildman–Crippen LogP) is 6.44. The van der Waals surface area contributed by atoms with Gasteiger partial charge in [-0.1, -0.05) is 66.7 Å². The molecule has 9 heteroatoms. The van der Waals surface area contributed by atoms with E-state index in [2.05, 4.69) is 53.2 Å². The maximum absolute atomic E-state index is 11.7. The second-order valence-electron chi connectivity index (χ2n) is 13.1. The fourth-order valence-electron chi connectivity index (χ4n) is 8.62. The van der Waals surface area contributed by atoms with Crippen molar-refractivity contribution in [2.24, 2.45) is 0 Å². The Bertz CT molecular complexity index is 1910. The van der Waals surface area contributed by atoms with Crippen molar-refractivity contribution in [3.05, 3.63) is 111 Å². The third kappa shape index (κ3) is 4.62. The first-order valence-corrected chi connectivity index (χ1v) is 16.5. The molecule has 2 bridgehead atoms. The van der Waals surface area contributed by atoms with E-state index >= 15 is 0 Å². The molecule has 4 aromatic carbocycles. The van der Waals surface area contributed by atoms with E-state index < -0.39 is 6.04 Å². The third-order valence-corrected chi connectivity index (χ3v) is 10.6. The number of nitriles is 1. The first-order chi connectivity index (χ1) is 23.4. The molecule has 0 radical (unpaired) electrons. The summed E-state index contributed by atoms with van der Waals surface area (Å²) in [4.78, 5) is 4.58. The maximum Gasteiger partial charge on any atom is 0.231 e. The van der Waals surface area contributed by atoms with Crippen molar-refractivity contribution in [3.63, 3.8) is 0 Å². The minimum atomic E-state index is -0.531. The van der Waals surface area contributed by atoms with Gasteiger partial charge in [0.05, 0.1) is 44.5 Å². The minimum absolute atomic E-state index is 0.111. The van der Waals surface area contributed by atoms with Crippen LogP contribution in [-0.2, 0) is 24.4 Å². The topological polar surface area (TPSA) is 96.7 Å². The van der Waals surface area contributed by atoms with Crippen LogP contribution in [0.15, 0.2) is 66.7 Å². The predicted molar refractivity (Wildman–Crippen MR) is 178 cm³/mol. The van der Waals surface area contributed by atoms with E-state index in [0.717, 1.165) is 50.3 Å². The molecule has 4 aliphatic heterocycles. The molecule has 1 unspecified atom stereocenters. The molecule has 8 rings (SSSR count). The fraction of sp³-hybridized carbons (Fsp3) is 0.359. The lowest BCUT2D eigenvalue weighted by Gasteiger charge is -2.54. The zero-order chi connectivity index (χ0) is 33.1. The number of ether oxygens (including phenoxy) is 5. The molecule has 1 saturated heterocycles. The highest BCUT2D eigenvalue weighted by atomic mass is 16.7. The molecule has 0 aliphatic carbocycles. The van der Waals surface area contributed by atoms with Crippen molar-refractivity contribution in [2.45, 2.75) is 63.7 Å². The van der Waals surface area contributed by atoms with Gasteiger partial charge in [0.15, 0.2) is 23.0 Å². The molecule has 1 fully saturated rings. The van der Waals surface area contributed by atoms with E-state index in [4.69, 9.17) is 23.7 Å².